The Balaban J connectivity index is 2.37. The third kappa shape index (κ3) is 4.40. The molecule has 0 saturated carbocycles. The van der Waals surface area contributed by atoms with Crippen LogP contribution in [0.5, 0.6) is 0 Å². The Morgan fingerprint density at radius 1 is 1.22 bits per heavy atom. The van der Waals surface area contributed by atoms with Crippen molar-refractivity contribution in [1.29, 1.82) is 0 Å². The summed E-state index contributed by atoms with van der Waals surface area (Å²) < 4.78 is 5.16. The fraction of sp³-hybridized carbons (Fsp3) is 0.294. The lowest BCUT2D eigenvalue weighted by Crippen LogP contribution is -2.27. The van der Waals surface area contributed by atoms with E-state index in [0.29, 0.717) is 10.6 Å². The second-order valence-electron chi connectivity index (χ2n) is 5.23. The van der Waals surface area contributed by atoms with E-state index in [9.17, 15) is 9.59 Å². The minimum atomic E-state index is -0.423. The zero-order chi connectivity index (χ0) is 16.8. The number of likely N-dealkylation sites (N-methyl/N-ethyl adjacent to an activating group) is 1. The molecule has 0 saturated heterocycles. The van der Waals surface area contributed by atoms with Crippen molar-refractivity contribution in [2.45, 2.75) is 6.92 Å². The lowest BCUT2D eigenvalue weighted by Gasteiger charge is -2.11. The van der Waals surface area contributed by atoms with Crippen molar-refractivity contribution in [3.8, 4) is 11.1 Å². The number of amides is 1. The van der Waals surface area contributed by atoms with Crippen LogP contribution in [-0.4, -0.2) is 44.0 Å². The molecule has 6 heteroatoms. The zero-order valence-corrected chi connectivity index (χ0v) is 14.3. The van der Waals surface area contributed by atoms with E-state index in [1.54, 1.807) is 11.8 Å². The number of ether oxygens (including phenoxy) is 1. The molecule has 23 heavy (non-hydrogen) atoms. The number of anilines is 1. The van der Waals surface area contributed by atoms with Crippen LogP contribution in [0.2, 0.25) is 0 Å². The van der Waals surface area contributed by atoms with Crippen LogP contribution in [0.15, 0.2) is 35.7 Å². The van der Waals surface area contributed by atoms with Crippen molar-refractivity contribution in [2.75, 3.05) is 32.6 Å². The van der Waals surface area contributed by atoms with Crippen LogP contribution in [0, 0.1) is 0 Å². The summed E-state index contributed by atoms with van der Waals surface area (Å²) in [7, 11) is 3.63. The Kier molecular flexibility index (Phi) is 5.90. The standard InChI is InChI=1S/C17H20N2O3S/c1-4-22-17(21)15-13(12-8-6-5-7-9-12)11-23-16(15)18-14(20)10-19(2)3/h5-9,11H,4,10H2,1-3H3,(H,18,20). The summed E-state index contributed by atoms with van der Waals surface area (Å²) >= 11 is 1.33. The van der Waals surface area contributed by atoms with Gasteiger partial charge in [0.15, 0.2) is 0 Å². The molecule has 2 rings (SSSR count). The quantitative estimate of drug-likeness (QED) is 0.826. The summed E-state index contributed by atoms with van der Waals surface area (Å²) in [6.07, 6.45) is 0. The molecule has 0 aliphatic carbocycles. The van der Waals surface area contributed by atoms with E-state index in [1.165, 1.54) is 11.3 Å². The Labute approximate surface area is 139 Å². The summed E-state index contributed by atoms with van der Waals surface area (Å²) in [5.74, 6) is -0.588. The van der Waals surface area contributed by atoms with Gasteiger partial charge >= 0.3 is 5.97 Å². The summed E-state index contributed by atoms with van der Waals surface area (Å²) in [4.78, 5) is 26.1. The van der Waals surface area contributed by atoms with E-state index in [4.69, 9.17) is 4.74 Å². The van der Waals surface area contributed by atoms with Gasteiger partial charge in [0.05, 0.1) is 13.2 Å². The Bertz CT molecular complexity index is 680. The number of nitrogens with one attached hydrogen (secondary N) is 1. The van der Waals surface area contributed by atoms with Crippen molar-refractivity contribution >= 4 is 28.2 Å². The molecule has 1 amide bonds. The molecule has 5 nitrogen and oxygen atoms in total. The van der Waals surface area contributed by atoms with Crippen molar-refractivity contribution < 1.29 is 14.3 Å². The number of carbonyl (C=O) groups excluding carboxylic acids is 2. The van der Waals surface area contributed by atoms with E-state index < -0.39 is 5.97 Å². The average Bonchev–Trinajstić information content (AvgIpc) is 2.91. The van der Waals surface area contributed by atoms with E-state index in [2.05, 4.69) is 5.32 Å². The number of hydrogen-bond acceptors (Lipinski definition) is 5. The maximum Gasteiger partial charge on any atom is 0.341 e. The third-order valence-electron chi connectivity index (χ3n) is 3.07. The summed E-state index contributed by atoms with van der Waals surface area (Å²) in [5, 5.41) is 5.20. The van der Waals surface area contributed by atoms with Gasteiger partial charge in [-0.2, -0.15) is 0 Å². The lowest BCUT2D eigenvalue weighted by molar-refractivity contribution is -0.116. The van der Waals surface area contributed by atoms with E-state index in [0.717, 1.165) is 11.1 Å². The first-order valence-electron chi connectivity index (χ1n) is 7.31. The Hall–Kier alpha value is -2.18. The molecule has 0 aliphatic heterocycles. The van der Waals surface area contributed by atoms with E-state index in [1.807, 2.05) is 49.8 Å². The molecule has 1 aromatic heterocycles. The Morgan fingerprint density at radius 2 is 1.91 bits per heavy atom. The smallest absolute Gasteiger partial charge is 0.341 e. The van der Waals surface area contributed by atoms with E-state index in [-0.39, 0.29) is 19.1 Å². The first-order valence-corrected chi connectivity index (χ1v) is 8.19. The second kappa shape index (κ2) is 7.89. The highest BCUT2D eigenvalue weighted by atomic mass is 32.1. The normalized spacial score (nSPS) is 10.6. The second-order valence-corrected chi connectivity index (χ2v) is 6.11. The molecule has 0 spiro atoms. The number of thiophene rings is 1. The predicted molar refractivity (Wildman–Crippen MR) is 92.9 cm³/mol. The van der Waals surface area contributed by atoms with Crippen LogP contribution in [-0.2, 0) is 9.53 Å². The van der Waals surface area contributed by atoms with Crippen molar-refractivity contribution in [3.05, 3.63) is 41.3 Å². The van der Waals surface area contributed by atoms with E-state index >= 15 is 0 Å². The molecule has 1 aromatic carbocycles. The molecular weight excluding hydrogens is 312 g/mol. The van der Waals surface area contributed by atoms with Crippen molar-refractivity contribution in [2.24, 2.45) is 0 Å². The van der Waals surface area contributed by atoms with Gasteiger partial charge in [-0.25, -0.2) is 4.79 Å². The third-order valence-corrected chi connectivity index (χ3v) is 3.96. The number of nitrogens with zero attached hydrogens (tertiary/aromatic N) is 1. The molecule has 0 atom stereocenters. The van der Waals surface area contributed by atoms with Crippen LogP contribution in [0.4, 0.5) is 5.00 Å². The molecule has 0 unspecified atom stereocenters. The highest BCUT2D eigenvalue weighted by molar-refractivity contribution is 7.15. The molecule has 0 bridgehead atoms. The largest absolute Gasteiger partial charge is 0.462 e. The highest BCUT2D eigenvalue weighted by Crippen LogP contribution is 2.36. The lowest BCUT2D eigenvalue weighted by atomic mass is 10.0. The molecule has 2 aromatic rings. The maximum atomic E-state index is 12.3. The fourth-order valence-corrected chi connectivity index (χ4v) is 3.11. The molecule has 1 heterocycles. The first-order chi connectivity index (χ1) is 11.0. The molecule has 122 valence electrons. The summed E-state index contributed by atoms with van der Waals surface area (Å²) in [6, 6.07) is 9.59. The number of esters is 1. The number of carbonyl (C=O) groups is 2. The molecule has 1 N–H and O–H groups in total. The van der Waals surface area contributed by atoms with Gasteiger partial charge in [-0.05, 0) is 26.6 Å². The fourth-order valence-electron chi connectivity index (χ4n) is 2.14. The Morgan fingerprint density at radius 3 is 2.52 bits per heavy atom. The van der Waals surface area contributed by atoms with Crippen molar-refractivity contribution in [3.63, 3.8) is 0 Å². The van der Waals surface area contributed by atoms with Crippen LogP contribution in [0.3, 0.4) is 0 Å². The minimum absolute atomic E-state index is 0.165. The van der Waals surface area contributed by atoms with Crippen molar-refractivity contribution in [1.82, 2.24) is 4.90 Å². The van der Waals surface area contributed by atoms with Crippen LogP contribution >= 0.6 is 11.3 Å². The number of rotatable bonds is 6. The predicted octanol–water partition coefficient (Wildman–Crippen LogP) is 3.09. The zero-order valence-electron chi connectivity index (χ0n) is 13.5. The van der Waals surface area contributed by atoms with Gasteiger partial charge in [0.2, 0.25) is 5.91 Å². The highest BCUT2D eigenvalue weighted by Gasteiger charge is 2.22. The van der Waals surface area contributed by atoms with Crippen LogP contribution in [0.1, 0.15) is 17.3 Å². The molecule has 0 fully saturated rings. The summed E-state index contributed by atoms with van der Waals surface area (Å²) in [6.45, 7) is 2.30. The number of benzene rings is 1. The van der Waals surface area contributed by atoms with Crippen LogP contribution in [0.25, 0.3) is 11.1 Å². The van der Waals surface area contributed by atoms with Crippen LogP contribution < -0.4 is 5.32 Å². The number of hydrogen-bond donors (Lipinski definition) is 1. The molecule has 0 radical (unpaired) electrons. The van der Waals surface area contributed by atoms with Gasteiger partial charge < -0.3 is 15.0 Å². The minimum Gasteiger partial charge on any atom is -0.462 e. The monoisotopic (exact) mass is 332 g/mol. The molecular formula is C17H20N2O3S. The topological polar surface area (TPSA) is 58.6 Å². The van der Waals surface area contributed by atoms with Gasteiger partial charge in [-0.15, -0.1) is 11.3 Å². The molecule has 0 aliphatic rings. The summed E-state index contributed by atoms with van der Waals surface area (Å²) in [5.41, 5.74) is 2.10. The van der Waals surface area contributed by atoms with Gasteiger partial charge in [0.25, 0.3) is 0 Å². The first kappa shape index (κ1) is 17.2. The maximum absolute atomic E-state index is 12.3. The van der Waals surface area contributed by atoms with Gasteiger partial charge in [0.1, 0.15) is 10.6 Å². The SMILES string of the molecule is CCOC(=O)c1c(-c2ccccc2)csc1NC(=O)CN(C)C. The van der Waals surface area contributed by atoms with Gasteiger partial charge in [0, 0.05) is 10.9 Å². The van der Waals surface area contributed by atoms with Gasteiger partial charge in [-0.1, -0.05) is 30.3 Å². The average molecular weight is 332 g/mol. The van der Waals surface area contributed by atoms with Gasteiger partial charge in [-0.3, -0.25) is 4.79 Å².